The fraction of sp³-hybridized carbons (Fsp3) is 0.455. The number of ether oxygens (including phenoxy) is 1. The van der Waals surface area contributed by atoms with Gasteiger partial charge in [0.1, 0.15) is 17.7 Å². The quantitative estimate of drug-likeness (QED) is 0.284. The predicted molar refractivity (Wildman–Crippen MR) is 77.5 cm³/mol. The molecule has 0 fully saturated rings. The van der Waals surface area contributed by atoms with Crippen molar-refractivity contribution in [3.63, 3.8) is 0 Å². The second-order valence-corrected chi connectivity index (χ2v) is 5.78. The van der Waals surface area contributed by atoms with E-state index in [1.165, 1.54) is 18.1 Å². The van der Waals surface area contributed by atoms with E-state index >= 15 is 0 Å². The van der Waals surface area contributed by atoms with E-state index in [-0.39, 0.29) is 9.61 Å². The maximum atomic E-state index is 11.0. The number of anilines is 1. The van der Waals surface area contributed by atoms with Gasteiger partial charge in [-0.3, -0.25) is 10.1 Å². The van der Waals surface area contributed by atoms with Crippen LogP contribution in [-0.4, -0.2) is 34.3 Å². The highest BCUT2D eigenvalue weighted by Crippen LogP contribution is 2.32. The normalized spacial score (nSPS) is 13.8. The summed E-state index contributed by atoms with van der Waals surface area (Å²) in [5.74, 6) is 0.413. The van der Waals surface area contributed by atoms with Crippen molar-refractivity contribution in [3.05, 3.63) is 28.3 Å². The Kier molecular flexibility index (Phi) is 5.15. The van der Waals surface area contributed by atoms with Crippen LogP contribution in [0.15, 0.2) is 18.2 Å². The van der Waals surface area contributed by atoms with E-state index < -0.39 is 11.2 Å². The van der Waals surface area contributed by atoms with E-state index in [2.05, 4.69) is 22.6 Å². The molecule has 0 bridgehead atoms. The molecule has 1 aromatic rings. The number of nitro benzene ring substituents is 1. The highest BCUT2D eigenvalue weighted by atomic mass is 127. The molecule has 1 N–H and O–H groups in total. The highest BCUT2D eigenvalue weighted by Gasteiger charge is 2.24. The van der Waals surface area contributed by atoms with Crippen molar-refractivity contribution in [1.29, 1.82) is 0 Å². The van der Waals surface area contributed by atoms with Crippen LogP contribution >= 0.6 is 22.6 Å². The molecule has 2 unspecified atom stereocenters. The standard InChI is InChI=1S/C11H15IN2O4/c1-7(12)11(15)13(2)9-5-4-8(18-3)6-10(9)14(16)17/h4-7,11,15H,1-3H3. The molecule has 1 aromatic carbocycles. The summed E-state index contributed by atoms with van der Waals surface area (Å²) in [5, 5.41) is 21.0. The van der Waals surface area contributed by atoms with Crippen molar-refractivity contribution in [2.75, 3.05) is 19.1 Å². The van der Waals surface area contributed by atoms with E-state index in [1.54, 1.807) is 19.2 Å². The number of aliphatic hydroxyl groups excluding tert-OH is 1. The molecule has 1 rings (SSSR count). The molecular formula is C11H15IN2O4. The molecule has 0 aromatic heterocycles. The lowest BCUT2D eigenvalue weighted by Gasteiger charge is -2.27. The molecule has 0 aliphatic carbocycles. The van der Waals surface area contributed by atoms with Crippen molar-refractivity contribution in [2.24, 2.45) is 0 Å². The Balaban J connectivity index is 3.19. The van der Waals surface area contributed by atoms with E-state index in [0.29, 0.717) is 11.4 Å². The minimum atomic E-state index is -0.794. The Morgan fingerprint density at radius 1 is 1.56 bits per heavy atom. The average Bonchev–Trinajstić information content (AvgIpc) is 2.35. The number of methoxy groups -OCH3 is 1. The third-order valence-electron chi connectivity index (χ3n) is 2.57. The molecule has 0 aliphatic heterocycles. The molecule has 7 heteroatoms. The molecule has 6 nitrogen and oxygen atoms in total. The number of nitrogens with zero attached hydrogens (tertiary/aromatic N) is 2. The number of halogens is 1. The van der Waals surface area contributed by atoms with Crippen molar-refractivity contribution in [3.8, 4) is 5.75 Å². The molecule has 0 saturated carbocycles. The smallest absolute Gasteiger partial charge is 0.296 e. The van der Waals surface area contributed by atoms with Gasteiger partial charge in [0.2, 0.25) is 0 Å². The summed E-state index contributed by atoms with van der Waals surface area (Å²) in [7, 11) is 3.07. The lowest BCUT2D eigenvalue weighted by atomic mass is 10.2. The maximum Gasteiger partial charge on any atom is 0.296 e. The highest BCUT2D eigenvalue weighted by molar-refractivity contribution is 14.1. The molecule has 0 amide bonds. The zero-order chi connectivity index (χ0) is 13.9. The van der Waals surface area contributed by atoms with Crippen LogP contribution in [0.3, 0.4) is 0 Å². The second kappa shape index (κ2) is 6.19. The zero-order valence-electron chi connectivity index (χ0n) is 10.3. The third-order valence-corrected chi connectivity index (χ3v) is 3.21. The number of alkyl halides is 1. The van der Waals surface area contributed by atoms with Crippen LogP contribution in [0.5, 0.6) is 5.75 Å². The lowest BCUT2D eigenvalue weighted by Crippen LogP contribution is -2.37. The molecule has 0 heterocycles. The minimum absolute atomic E-state index is 0.0608. The molecule has 0 saturated heterocycles. The summed E-state index contributed by atoms with van der Waals surface area (Å²) in [5.41, 5.74) is 0.268. The van der Waals surface area contributed by atoms with Gasteiger partial charge in [-0.25, -0.2) is 0 Å². The van der Waals surface area contributed by atoms with E-state index in [1.807, 2.05) is 6.92 Å². The summed E-state index contributed by atoms with van der Waals surface area (Å²) in [6.07, 6.45) is -0.794. The Labute approximate surface area is 119 Å². The van der Waals surface area contributed by atoms with Crippen LogP contribution in [0, 0.1) is 10.1 Å². The molecule has 0 spiro atoms. The van der Waals surface area contributed by atoms with Gasteiger partial charge in [-0.2, -0.15) is 0 Å². The summed E-state index contributed by atoms with van der Waals surface area (Å²) in [6, 6.07) is 4.54. The fourth-order valence-electron chi connectivity index (χ4n) is 1.53. The number of benzene rings is 1. The van der Waals surface area contributed by atoms with E-state index in [4.69, 9.17) is 4.74 Å². The average molecular weight is 366 g/mol. The minimum Gasteiger partial charge on any atom is -0.496 e. The first-order valence-corrected chi connectivity index (χ1v) is 6.50. The van der Waals surface area contributed by atoms with Gasteiger partial charge >= 0.3 is 0 Å². The van der Waals surface area contributed by atoms with Gasteiger partial charge in [0.15, 0.2) is 0 Å². The molecule has 18 heavy (non-hydrogen) atoms. The van der Waals surface area contributed by atoms with Crippen LogP contribution in [0.4, 0.5) is 11.4 Å². The van der Waals surface area contributed by atoms with Crippen LogP contribution in [0.2, 0.25) is 0 Å². The SMILES string of the molecule is COc1ccc(N(C)C(O)C(C)I)c([N+](=O)[O-])c1. The van der Waals surface area contributed by atoms with Gasteiger partial charge in [-0.15, -0.1) is 0 Å². The Morgan fingerprint density at radius 2 is 2.17 bits per heavy atom. The largest absolute Gasteiger partial charge is 0.496 e. The summed E-state index contributed by atoms with van der Waals surface area (Å²) in [6.45, 7) is 1.83. The summed E-state index contributed by atoms with van der Waals surface area (Å²) < 4.78 is 4.90. The first kappa shape index (κ1) is 15.0. The molecule has 2 atom stereocenters. The van der Waals surface area contributed by atoms with Gasteiger partial charge in [0.05, 0.1) is 22.0 Å². The van der Waals surface area contributed by atoms with Gasteiger partial charge in [0.25, 0.3) is 5.69 Å². The number of hydrogen-bond donors (Lipinski definition) is 1. The number of nitro groups is 1. The van der Waals surface area contributed by atoms with Crippen molar-refractivity contribution < 1.29 is 14.8 Å². The van der Waals surface area contributed by atoms with Crippen molar-refractivity contribution in [2.45, 2.75) is 17.1 Å². The molecule has 100 valence electrons. The molecule has 0 aliphatic rings. The van der Waals surface area contributed by atoms with E-state index in [9.17, 15) is 15.2 Å². The number of aliphatic hydroxyl groups is 1. The fourth-order valence-corrected chi connectivity index (χ4v) is 2.01. The number of rotatable bonds is 5. The van der Waals surface area contributed by atoms with Gasteiger partial charge in [-0.05, 0) is 19.1 Å². The third kappa shape index (κ3) is 3.22. The summed E-state index contributed by atoms with van der Waals surface area (Å²) >= 11 is 2.07. The first-order valence-electron chi connectivity index (χ1n) is 5.26. The van der Waals surface area contributed by atoms with Crippen LogP contribution < -0.4 is 9.64 Å². The van der Waals surface area contributed by atoms with Crippen LogP contribution in [0.25, 0.3) is 0 Å². The van der Waals surface area contributed by atoms with Crippen LogP contribution in [-0.2, 0) is 0 Å². The first-order chi connectivity index (χ1) is 8.38. The van der Waals surface area contributed by atoms with Crippen LogP contribution in [0.1, 0.15) is 6.92 Å². The monoisotopic (exact) mass is 366 g/mol. The van der Waals surface area contributed by atoms with Crippen molar-refractivity contribution in [1.82, 2.24) is 0 Å². The Morgan fingerprint density at radius 3 is 2.61 bits per heavy atom. The second-order valence-electron chi connectivity index (χ2n) is 3.81. The summed E-state index contributed by atoms with van der Waals surface area (Å²) in [4.78, 5) is 12.0. The Bertz CT molecular complexity index is 439. The Hall–Kier alpha value is -1.09. The number of hydrogen-bond acceptors (Lipinski definition) is 5. The van der Waals surface area contributed by atoms with Crippen molar-refractivity contribution >= 4 is 34.0 Å². The lowest BCUT2D eigenvalue weighted by molar-refractivity contribution is -0.384. The molecule has 0 radical (unpaired) electrons. The van der Waals surface area contributed by atoms with Gasteiger partial charge in [-0.1, -0.05) is 22.6 Å². The van der Waals surface area contributed by atoms with Gasteiger partial charge < -0.3 is 14.7 Å². The predicted octanol–water partition coefficient (Wildman–Crippen LogP) is 2.18. The topological polar surface area (TPSA) is 75.8 Å². The van der Waals surface area contributed by atoms with Gasteiger partial charge in [0, 0.05) is 7.05 Å². The van der Waals surface area contributed by atoms with E-state index in [0.717, 1.165) is 0 Å². The zero-order valence-corrected chi connectivity index (χ0v) is 12.5. The molecular weight excluding hydrogens is 351 g/mol. The maximum absolute atomic E-state index is 11.0.